The van der Waals surface area contributed by atoms with Gasteiger partial charge < -0.3 is 4.90 Å². The molecule has 0 aliphatic rings. The quantitative estimate of drug-likeness (QED) is 0.807. The Kier molecular flexibility index (Phi) is 5.09. The van der Waals surface area contributed by atoms with Crippen molar-refractivity contribution >= 4 is 5.91 Å². The summed E-state index contributed by atoms with van der Waals surface area (Å²) in [5.74, 6) is -0.177. The largest absolute Gasteiger partial charge is 0.335 e. The zero-order chi connectivity index (χ0) is 15.2. The third-order valence-electron chi connectivity index (χ3n) is 3.55. The Balaban J connectivity index is 2.39. The molecule has 0 aliphatic heterocycles. The molecule has 0 radical (unpaired) electrons. The Morgan fingerprint density at radius 1 is 1.05 bits per heavy atom. The lowest BCUT2D eigenvalue weighted by molar-refractivity contribution is -0.131. The first kappa shape index (κ1) is 15.2. The topological polar surface area (TPSA) is 20.3 Å². The van der Waals surface area contributed by atoms with Gasteiger partial charge in [-0.05, 0) is 29.7 Å². The fourth-order valence-corrected chi connectivity index (χ4v) is 2.45. The number of hydrogen-bond acceptors (Lipinski definition) is 1. The molecule has 1 amide bonds. The highest BCUT2D eigenvalue weighted by Crippen LogP contribution is 2.28. The summed E-state index contributed by atoms with van der Waals surface area (Å²) in [6, 6.07) is 16.0. The summed E-state index contributed by atoms with van der Waals surface area (Å²) < 4.78 is 13.2. The van der Waals surface area contributed by atoms with Crippen molar-refractivity contribution in [1.82, 2.24) is 4.90 Å². The average molecular weight is 285 g/mol. The van der Waals surface area contributed by atoms with Crippen LogP contribution in [-0.4, -0.2) is 17.9 Å². The van der Waals surface area contributed by atoms with Crippen LogP contribution >= 0.6 is 0 Å². The summed E-state index contributed by atoms with van der Waals surface area (Å²) in [6.07, 6.45) is 1.33. The highest BCUT2D eigenvalue weighted by molar-refractivity contribution is 5.76. The average Bonchev–Trinajstić information content (AvgIpc) is 2.50. The van der Waals surface area contributed by atoms with Crippen LogP contribution in [0.25, 0.3) is 0 Å². The van der Waals surface area contributed by atoms with E-state index in [1.807, 2.05) is 37.3 Å². The van der Waals surface area contributed by atoms with E-state index in [-0.39, 0.29) is 17.8 Å². The van der Waals surface area contributed by atoms with Crippen molar-refractivity contribution in [2.75, 3.05) is 7.05 Å². The maximum atomic E-state index is 13.2. The van der Waals surface area contributed by atoms with Crippen LogP contribution in [-0.2, 0) is 4.79 Å². The van der Waals surface area contributed by atoms with Gasteiger partial charge in [-0.2, -0.15) is 0 Å². The van der Waals surface area contributed by atoms with Crippen molar-refractivity contribution < 1.29 is 9.18 Å². The molecule has 0 heterocycles. The Bertz CT molecular complexity index is 580. The molecular weight excluding hydrogens is 265 g/mol. The van der Waals surface area contributed by atoms with Crippen molar-refractivity contribution in [3.63, 3.8) is 0 Å². The van der Waals surface area contributed by atoms with E-state index in [1.54, 1.807) is 24.1 Å². The lowest BCUT2D eigenvalue weighted by atomic mass is 9.97. The minimum Gasteiger partial charge on any atom is -0.335 e. The van der Waals surface area contributed by atoms with Gasteiger partial charge in [0.25, 0.3) is 0 Å². The first-order valence-electron chi connectivity index (χ1n) is 7.19. The molecule has 0 saturated heterocycles. The SMILES string of the molecule is CCCC(=O)N(C)C(c1ccccc1)c1ccc(F)cc1. The maximum Gasteiger partial charge on any atom is 0.223 e. The lowest BCUT2D eigenvalue weighted by Crippen LogP contribution is -2.31. The Morgan fingerprint density at radius 3 is 2.19 bits per heavy atom. The van der Waals surface area contributed by atoms with Crippen molar-refractivity contribution in [3.05, 3.63) is 71.5 Å². The van der Waals surface area contributed by atoms with Crippen LogP contribution in [0.2, 0.25) is 0 Å². The van der Waals surface area contributed by atoms with E-state index in [0.29, 0.717) is 6.42 Å². The molecule has 110 valence electrons. The van der Waals surface area contributed by atoms with Gasteiger partial charge in [-0.15, -0.1) is 0 Å². The summed E-state index contributed by atoms with van der Waals surface area (Å²) >= 11 is 0. The van der Waals surface area contributed by atoms with Gasteiger partial charge in [-0.1, -0.05) is 49.4 Å². The minimum absolute atomic E-state index is 0.0932. The zero-order valence-electron chi connectivity index (χ0n) is 12.4. The Hall–Kier alpha value is -2.16. The van der Waals surface area contributed by atoms with Gasteiger partial charge in [-0.3, -0.25) is 4.79 Å². The third kappa shape index (κ3) is 3.69. The van der Waals surface area contributed by atoms with Gasteiger partial charge in [0.15, 0.2) is 0 Å². The molecule has 1 unspecified atom stereocenters. The smallest absolute Gasteiger partial charge is 0.223 e. The van der Waals surface area contributed by atoms with Gasteiger partial charge in [0.1, 0.15) is 5.82 Å². The second-order valence-corrected chi connectivity index (χ2v) is 5.12. The monoisotopic (exact) mass is 285 g/mol. The van der Waals surface area contributed by atoms with Crippen LogP contribution in [0.4, 0.5) is 4.39 Å². The molecule has 0 spiro atoms. The zero-order valence-corrected chi connectivity index (χ0v) is 12.4. The molecule has 2 nitrogen and oxygen atoms in total. The second-order valence-electron chi connectivity index (χ2n) is 5.12. The van der Waals surface area contributed by atoms with Gasteiger partial charge in [0.05, 0.1) is 6.04 Å². The summed E-state index contributed by atoms with van der Waals surface area (Å²) in [6.45, 7) is 1.99. The minimum atomic E-state index is -0.270. The molecule has 0 fully saturated rings. The van der Waals surface area contributed by atoms with Gasteiger partial charge in [0.2, 0.25) is 5.91 Å². The van der Waals surface area contributed by atoms with Crippen molar-refractivity contribution in [1.29, 1.82) is 0 Å². The number of nitrogens with zero attached hydrogens (tertiary/aromatic N) is 1. The van der Waals surface area contributed by atoms with E-state index >= 15 is 0 Å². The van der Waals surface area contributed by atoms with Crippen molar-refractivity contribution in [2.45, 2.75) is 25.8 Å². The molecule has 0 N–H and O–H groups in total. The first-order chi connectivity index (χ1) is 10.1. The highest BCUT2D eigenvalue weighted by atomic mass is 19.1. The Morgan fingerprint density at radius 2 is 1.62 bits per heavy atom. The highest BCUT2D eigenvalue weighted by Gasteiger charge is 2.22. The molecule has 21 heavy (non-hydrogen) atoms. The van der Waals surface area contributed by atoms with Crippen LogP contribution in [0, 0.1) is 5.82 Å². The van der Waals surface area contributed by atoms with Crippen LogP contribution in [0.5, 0.6) is 0 Å². The van der Waals surface area contributed by atoms with E-state index in [9.17, 15) is 9.18 Å². The van der Waals surface area contributed by atoms with Gasteiger partial charge in [-0.25, -0.2) is 4.39 Å². The van der Waals surface area contributed by atoms with Crippen LogP contribution < -0.4 is 0 Å². The molecule has 0 bridgehead atoms. The summed E-state index contributed by atoms with van der Waals surface area (Å²) in [5, 5.41) is 0. The summed E-state index contributed by atoms with van der Waals surface area (Å²) in [7, 11) is 1.80. The molecule has 3 heteroatoms. The second kappa shape index (κ2) is 7.02. The fourth-order valence-electron chi connectivity index (χ4n) is 2.45. The molecule has 1 atom stereocenters. The molecule has 2 aromatic rings. The maximum absolute atomic E-state index is 13.2. The molecule has 0 saturated carbocycles. The number of halogens is 1. The van der Waals surface area contributed by atoms with Crippen LogP contribution in [0.3, 0.4) is 0 Å². The first-order valence-corrected chi connectivity index (χ1v) is 7.19. The number of hydrogen-bond donors (Lipinski definition) is 0. The van der Waals surface area contributed by atoms with E-state index in [1.165, 1.54) is 12.1 Å². The number of rotatable bonds is 5. The third-order valence-corrected chi connectivity index (χ3v) is 3.55. The van der Waals surface area contributed by atoms with Crippen LogP contribution in [0.15, 0.2) is 54.6 Å². The number of carbonyl (C=O) groups is 1. The lowest BCUT2D eigenvalue weighted by Gasteiger charge is -2.29. The van der Waals surface area contributed by atoms with Crippen molar-refractivity contribution in [3.8, 4) is 0 Å². The molecule has 0 aliphatic carbocycles. The predicted octanol–water partition coefficient (Wildman–Crippen LogP) is 4.17. The molecule has 0 aromatic heterocycles. The van der Waals surface area contributed by atoms with E-state index < -0.39 is 0 Å². The van der Waals surface area contributed by atoms with E-state index in [0.717, 1.165) is 17.5 Å². The number of amides is 1. The van der Waals surface area contributed by atoms with E-state index in [4.69, 9.17) is 0 Å². The normalized spacial score (nSPS) is 12.0. The predicted molar refractivity (Wildman–Crippen MR) is 82.4 cm³/mol. The molecule has 2 rings (SSSR count). The Labute approximate surface area is 125 Å². The van der Waals surface area contributed by atoms with Gasteiger partial charge >= 0.3 is 0 Å². The fraction of sp³-hybridized carbons (Fsp3) is 0.278. The number of benzene rings is 2. The van der Waals surface area contributed by atoms with Crippen molar-refractivity contribution in [2.24, 2.45) is 0 Å². The van der Waals surface area contributed by atoms with E-state index in [2.05, 4.69) is 0 Å². The molecular formula is C18H20FNO. The summed E-state index contributed by atoms with van der Waals surface area (Å²) in [5.41, 5.74) is 1.94. The van der Waals surface area contributed by atoms with Crippen LogP contribution in [0.1, 0.15) is 36.9 Å². The summed E-state index contributed by atoms with van der Waals surface area (Å²) in [4.78, 5) is 14.0. The van der Waals surface area contributed by atoms with Gasteiger partial charge in [0, 0.05) is 13.5 Å². The molecule has 2 aromatic carbocycles. The number of carbonyl (C=O) groups excluding carboxylic acids is 1. The standard InChI is InChI=1S/C18H20FNO/c1-3-7-17(21)20(2)18(14-8-5-4-6-9-14)15-10-12-16(19)13-11-15/h4-6,8-13,18H,3,7H2,1-2H3.